The Kier molecular flexibility index (Phi) is 6.51. The zero-order valence-electron chi connectivity index (χ0n) is 19.8. The minimum absolute atomic E-state index is 0.0486. The summed E-state index contributed by atoms with van der Waals surface area (Å²) in [6.45, 7) is 2.58. The van der Waals surface area contributed by atoms with Gasteiger partial charge in [0.15, 0.2) is 0 Å². The first-order valence-electron chi connectivity index (χ1n) is 11.7. The third kappa shape index (κ3) is 4.85. The topological polar surface area (TPSA) is 99.8 Å². The van der Waals surface area contributed by atoms with Gasteiger partial charge in [-0.15, -0.1) is 0 Å². The van der Waals surface area contributed by atoms with Crippen LogP contribution in [0.3, 0.4) is 0 Å². The van der Waals surface area contributed by atoms with Crippen LogP contribution in [0, 0.1) is 0 Å². The van der Waals surface area contributed by atoms with Gasteiger partial charge in [-0.1, -0.05) is 48.5 Å². The van der Waals surface area contributed by atoms with Crippen LogP contribution >= 0.6 is 0 Å². The molecule has 3 N–H and O–H groups in total. The van der Waals surface area contributed by atoms with Gasteiger partial charge in [-0.25, -0.2) is 4.79 Å². The van der Waals surface area contributed by atoms with Crippen LogP contribution in [0.4, 0.5) is 11.4 Å². The summed E-state index contributed by atoms with van der Waals surface area (Å²) >= 11 is 0. The lowest BCUT2D eigenvalue weighted by Crippen LogP contribution is -2.47. The standard InChI is InChI=1S/C28H26N4O4/c1-36-28(35)20-9-12-22-23(15-20)31-27(34)25(22)26(19-5-3-2-4-6-19)30-21-10-7-18(8-11-21)16-32-14-13-29-24(33)17-32/h2-12,15,30H,13-14,16-17H2,1H3,(H,29,33)(H,31,34). The molecule has 0 unspecified atom stereocenters. The lowest BCUT2D eigenvalue weighted by molar-refractivity contribution is -0.124. The van der Waals surface area contributed by atoms with Gasteiger partial charge in [-0.3, -0.25) is 14.5 Å². The van der Waals surface area contributed by atoms with Gasteiger partial charge < -0.3 is 20.7 Å². The predicted octanol–water partition coefficient (Wildman–Crippen LogP) is 3.34. The summed E-state index contributed by atoms with van der Waals surface area (Å²) in [7, 11) is 1.32. The number of fused-ring (bicyclic) bond motifs is 1. The number of carbonyl (C=O) groups is 3. The van der Waals surface area contributed by atoms with Gasteiger partial charge in [-0.05, 0) is 35.4 Å². The number of nitrogens with one attached hydrogen (secondary N) is 3. The number of anilines is 2. The summed E-state index contributed by atoms with van der Waals surface area (Å²) in [4.78, 5) is 38.9. The molecule has 5 rings (SSSR count). The second-order valence-corrected chi connectivity index (χ2v) is 8.70. The molecule has 2 heterocycles. The van der Waals surface area contributed by atoms with Crippen molar-refractivity contribution in [2.45, 2.75) is 6.54 Å². The number of amides is 2. The second-order valence-electron chi connectivity index (χ2n) is 8.70. The van der Waals surface area contributed by atoms with Crippen LogP contribution in [0.1, 0.15) is 27.0 Å². The molecule has 3 aromatic carbocycles. The maximum absolute atomic E-state index is 13.1. The third-order valence-electron chi connectivity index (χ3n) is 6.24. The average Bonchev–Trinajstić information content (AvgIpc) is 3.23. The largest absolute Gasteiger partial charge is 0.465 e. The van der Waals surface area contributed by atoms with Crippen molar-refractivity contribution in [3.8, 4) is 0 Å². The minimum Gasteiger partial charge on any atom is -0.465 e. The lowest BCUT2D eigenvalue weighted by Gasteiger charge is -2.26. The molecular formula is C28H26N4O4. The highest BCUT2D eigenvalue weighted by Gasteiger charge is 2.29. The first-order valence-corrected chi connectivity index (χ1v) is 11.7. The van der Waals surface area contributed by atoms with Gasteiger partial charge in [0.25, 0.3) is 5.91 Å². The van der Waals surface area contributed by atoms with Crippen molar-refractivity contribution in [3.63, 3.8) is 0 Å². The van der Waals surface area contributed by atoms with E-state index < -0.39 is 5.97 Å². The van der Waals surface area contributed by atoms with E-state index in [0.29, 0.717) is 47.7 Å². The molecule has 2 aliphatic heterocycles. The lowest BCUT2D eigenvalue weighted by atomic mass is 9.99. The monoisotopic (exact) mass is 482 g/mol. The second kappa shape index (κ2) is 10.1. The molecule has 182 valence electrons. The fraction of sp³-hybridized carbons (Fsp3) is 0.179. The van der Waals surface area contributed by atoms with Gasteiger partial charge in [0.05, 0.1) is 36.2 Å². The molecule has 8 nitrogen and oxygen atoms in total. The number of esters is 1. The third-order valence-corrected chi connectivity index (χ3v) is 6.24. The van der Waals surface area contributed by atoms with E-state index in [4.69, 9.17) is 4.74 Å². The quantitative estimate of drug-likeness (QED) is 0.368. The molecule has 8 heteroatoms. The molecule has 0 atom stereocenters. The molecule has 0 aliphatic carbocycles. The van der Waals surface area contributed by atoms with E-state index in [2.05, 4.69) is 20.9 Å². The van der Waals surface area contributed by atoms with Crippen LogP contribution in [0.5, 0.6) is 0 Å². The number of ether oxygens (including phenoxy) is 1. The maximum Gasteiger partial charge on any atom is 0.337 e. The van der Waals surface area contributed by atoms with Crippen molar-refractivity contribution < 1.29 is 19.1 Å². The predicted molar refractivity (Wildman–Crippen MR) is 138 cm³/mol. The SMILES string of the molecule is COC(=O)c1ccc2c(c1)NC(=O)C2=C(Nc1ccc(CN2CCNC(=O)C2)cc1)c1ccccc1. The molecule has 1 saturated heterocycles. The zero-order chi connectivity index (χ0) is 25.1. The summed E-state index contributed by atoms with van der Waals surface area (Å²) in [5.41, 5.74) is 5.59. The minimum atomic E-state index is -0.462. The van der Waals surface area contributed by atoms with Gasteiger partial charge >= 0.3 is 5.97 Å². The number of hydrogen-bond donors (Lipinski definition) is 3. The van der Waals surface area contributed by atoms with E-state index in [1.807, 2.05) is 54.6 Å². The normalized spacial score (nSPS) is 16.6. The van der Waals surface area contributed by atoms with Crippen molar-refractivity contribution in [2.75, 3.05) is 37.4 Å². The smallest absolute Gasteiger partial charge is 0.337 e. The maximum atomic E-state index is 13.1. The molecule has 0 radical (unpaired) electrons. The average molecular weight is 483 g/mol. The highest BCUT2D eigenvalue weighted by molar-refractivity contribution is 6.37. The van der Waals surface area contributed by atoms with Crippen molar-refractivity contribution >= 4 is 40.4 Å². The highest BCUT2D eigenvalue weighted by Crippen LogP contribution is 2.38. The summed E-state index contributed by atoms with van der Waals surface area (Å²) in [6.07, 6.45) is 0. The van der Waals surface area contributed by atoms with Crippen molar-refractivity contribution in [3.05, 3.63) is 95.1 Å². The van der Waals surface area contributed by atoms with Gasteiger partial charge in [-0.2, -0.15) is 0 Å². The molecule has 2 amide bonds. The van der Waals surface area contributed by atoms with Crippen LogP contribution in [-0.4, -0.2) is 49.4 Å². The molecule has 0 bridgehead atoms. The van der Waals surface area contributed by atoms with E-state index in [1.165, 1.54) is 7.11 Å². The Balaban J connectivity index is 1.46. The fourth-order valence-electron chi connectivity index (χ4n) is 4.47. The Morgan fingerprint density at radius 3 is 2.50 bits per heavy atom. The first kappa shape index (κ1) is 23.3. The van der Waals surface area contributed by atoms with Gasteiger partial charge in [0, 0.05) is 30.9 Å². The summed E-state index contributed by atoms with van der Waals surface area (Å²) < 4.78 is 4.81. The van der Waals surface area contributed by atoms with Crippen molar-refractivity contribution in [1.82, 2.24) is 10.2 Å². The highest BCUT2D eigenvalue weighted by atomic mass is 16.5. The van der Waals surface area contributed by atoms with Crippen LogP contribution in [0.2, 0.25) is 0 Å². The van der Waals surface area contributed by atoms with E-state index >= 15 is 0 Å². The Hall–Kier alpha value is -4.43. The number of rotatable bonds is 6. The Labute approximate surface area is 209 Å². The van der Waals surface area contributed by atoms with Crippen molar-refractivity contribution in [1.29, 1.82) is 0 Å². The van der Waals surface area contributed by atoms with Crippen LogP contribution in [-0.2, 0) is 20.9 Å². The van der Waals surface area contributed by atoms with E-state index in [1.54, 1.807) is 18.2 Å². The molecular weight excluding hydrogens is 456 g/mol. The van der Waals surface area contributed by atoms with Gasteiger partial charge in [0.2, 0.25) is 5.91 Å². The van der Waals surface area contributed by atoms with Crippen LogP contribution in [0.25, 0.3) is 11.3 Å². The number of carbonyl (C=O) groups excluding carboxylic acids is 3. The summed E-state index contributed by atoms with van der Waals surface area (Å²) in [5, 5.41) is 9.16. The zero-order valence-corrected chi connectivity index (χ0v) is 19.8. The first-order chi connectivity index (χ1) is 17.5. The Morgan fingerprint density at radius 1 is 1.00 bits per heavy atom. The molecule has 2 aliphatic rings. The number of piperazine rings is 1. The Morgan fingerprint density at radius 2 is 1.78 bits per heavy atom. The number of hydrogen-bond acceptors (Lipinski definition) is 6. The fourth-order valence-corrected chi connectivity index (χ4v) is 4.47. The molecule has 0 saturated carbocycles. The molecule has 0 aromatic heterocycles. The molecule has 36 heavy (non-hydrogen) atoms. The van der Waals surface area contributed by atoms with E-state index in [9.17, 15) is 14.4 Å². The molecule has 0 spiro atoms. The number of nitrogens with zero attached hydrogens (tertiary/aromatic N) is 1. The Bertz CT molecular complexity index is 1350. The van der Waals surface area contributed by atoms with Crippen LogP contribution < -0.4 is 16.0 Å². The summed E-state index contributed by atoms with van der Waals surface area (Å²) in [6, 6.07) is 22.7. The summed E-state index contributed by atoms with van der Waals surface area (Å²) in [5.74, 6) is -0.665. The molecule has 3 aromatic rings. The van der Waals surface area contributed by atoms with E-state index in [0.717, 1.165) is 23.4 Å². The van der Waals surface area contributed by atoms with Crippen molar-refractivity contribution in [2.24, 2.45) is 0 Å². The molecule has 1 fully saturated rings. The number of methoxy groups -OCH3 is 1. The van der Waals surface area contributed by atoms with Gasteiger partial charge in [0.1, 0.15) is 0 Å². The van der Waals surface area contributed by atoms with Crippen LogP contribution in [0.15, 0.2) is 72.8 Å². The van der Waals surface area contributed by atoms with E-state index in [-0.39, 0.29) is 11.8 Å². The number of benzene rings is 3.